The minimum Gasteiger partial charge on any atom is -0.384 e. The van der Waals surface area contributed by atoms with Crippen LogP contribution in [0.5, 0.6) is 0 Å². The van der Waals surface area contributed by atoms with E-state index in [9.17, 15) is 0 Å². The van der Waals surface area contributed by atoms with Gasteiger partial charge in [0.05, 0.1) is 0 Å². The quantitative estimate of drug-likeness (QED) is 0.855. The van der Waals surface area contributed by atoms with Gasteiger partial charge in [0.15, 0.2) is 0 Å². The maximum absolute atomic E-state index is 3.56. The summed E-state index contributed by atoms with van der Waals surface area (Å²) in [5.41, 5.74) is 4.40. The Bertz CT molecular complexity index is 421. The van der Waals surface area contributed by atoms with Gasteiger partial charge in [0.25, 0.3) is 0 Å². The van der Waals surface area contributed by atoms with Gasteiger partial charge in [-0.3, -0.25) is 4.90 Å². The first-order chi connectivity index (χ1) is 8.74. The maximum Gasteiger partial charge on any atom is 0.0419 e. The first-order valence-electron chi connectivity index (χ1n) is 7.32. The number of rotatable bonds is 5. The molecule has 1 aliphatic carbocycles. The smallest absolute Gasteiger partial charge is 0.0419 e. The molecule has 2 aliphatic rings. The zero-order valence-corrected chi connectivity index (χ0v) is 11.6. The van der Waals surface area contributed by atoms with Gasteiger partial charge in [-0.05, 0) is 50.2 Å². The Morgan fingerprint density at radius 2 is 2.17 bits per heavy atom. The summed E-state index contributed by atoms with van der Waals surface area (Å²) in [6.07, 6.45) is 4.07. The highest BCUT2D eigenvalue weighted by atomic mass is 15.2. The van der Waals surface area contributed by atoms with Crippen LogP contribution in [0.15, 0.2) is 18.2 Å². The van der Waals surface area contributed by atoms with Crippen molar-refractivity contribution in [2.45, 2.75) is 45.7 Å². The molecule has 98 valence electrons. The Balaban J connectivity index is 1.75. The molecule has 0 amide bonds. The Morgan fingerprint density at radius 1 is 1.33 bits per heavy atom. The van der Waals surface area contributed by atoms with Crippen molar-refractivity contribution in [3.05, 3.63) is 29.3 Å². The summed E-state index contributed by atoms with van der Waals surface area (Å²) < 4.78 is 0. The number of nitrogens with zero attached hydrogens (tertiary/aromatic N) is 1. The molecule has 0 atom stereocenters. The predicted molar refractivity (Wildman–Crippen MR) is 76.9 cm³/mol. The number of nitrogens with one attached hydrogen (secondary N) is 1. The van der Waals surface area contributed by atoms with Crippen molar-refractivity contribution in [3.8, 4) is 0 Å². The molecule has 18 heavy (non-hydrogen) atoms. The lowest BCUT2D eigenvalue weighted by Gasteiger charge is -2.27. The highest BCUT2D eigenvalue weighted by molar-refractivity contribution is 5.61. The largest absolute Gasteiger partial charge is 0.384 e. The summed E-state index contributed by atoms with van der Waals surface area (Å²) in [4.78, 5) is 2.63. The van der Waals surface area contributed by atoms with Gasteiger partial charge in [0.2, 0.25) is 0 Å². The fraction of sp³-hybridized carbons (Fsp3) is 0.625. The number of hydrogen-bond acceptors (Lipinski definition) is 2. The molecule has 1 aromatic carbocycles. The normalized spacial score (nSPS) is 18.2. The lowest BCUT2D eigenvalue weighted by atomic mass is 10.1. The van der Waals surface area contributed by atoms with E-state index in [1.54, 1.807) is 0 Å². The fourth-order valence-corrected chi connectivity index (χ4v) is 2.85. The van der Waals surface area contributed by atoms with Crippen molar-refractivity contribution < 1.29 is 0 Å². The molecule has 3 rings (SSSR count). The van der Waals surface area contributed by atoms with Gasteiger partial charge < -0.3 is 5.32 Å². The standard InChI is InChI=1S/C16H24N2/c1-12(2)18(10-13-6-7-13)11-15-5-3-4-14-8-9-17-16(14)15/h3-5,12-13,17H,6-11H2,1-2H3. The van der Waals surface area contributed by atoms with Crippen LogP contribution in [0.3, 0.4) is 0 Å². The molecule has 1 fully saturated rings. The second-order valence-corrected chi connectivity index (χ2v) is 6.09. The van der Waals surface area contributed by atoms with E-state index in [2.05, 4.69) is 42.3 Å². The summed E-state index contributed by atoms with van der Waals surface area (Å²) in [6, 6.07) is 7.42. The van der Waals surface area contributed by atoms with E-state index in [0.717, 1.165) is 19.0 Å². The third-order valence-electron chi connectivity index (χ3n) is 4.23. The van der Waals surface area contributed by atoms with Gasteiger partial charge >= 0.3 is 0 Å². The van der Waals surface area contributed by atoms with Gasteiger partial charge in [0.1, 0.15) is 0 Å². The van der Waals surface area contributed by atoms with E-state index in [-0.39, 0.29) is 0 Å². The van der Waals surface area contributed by atoms with Gasteiger partial charge in [-0.1, -0.05) is 18.2 Å². The molecule has 0 radical (unpaired) electrons. The van der Waals surface area contributed by atoms with Crippen molar-refractivity contribution in [1.82, 2.24) is 4.90 Å². The first-order valence-corrected chi connectivity index (χ1v) is 7.32. The van der Waals surface area contributed by atoms with Crippen LogP contribution in [-0.2, 0) is 13.0 Å². The monoisotopic (exact) mass is 244 g/mol. The predicted octanol–water partition coefficient (Wildman–Crippen LogP) is 3.28. The number of hydrogen-bond donors (Lipinski definition) is 1. The van der Waals surface area contributed by atoms with Crippen molar-refractivity contribution in [3.63, 3.8) is 0 Å². The highest BCUT2D eigenvalue weighted by Crippen LogP contribution is 2.32. The second-order valence-electron chi connectivity index (χ2n) is 6.09. The zero-order valence-electron chi connectivity index (χ0n) is 11.6. The van der Waals surface area contributed by atoms with Gasteiger partial charge in [-0.2, -0.15) is 0 Å². The third-order valence-corrected chi connectivity index (χ3v) is 4.23. The summed E-state index contributed by atoms with van der Waals surface area (Å²) >= 11 is 0. The van der Waals surface area contributed by atoms with Crippen LogP contribution in [0.25, 0.3) is 0 Å². The Kier molecular flexibility index (Phi) is 3.29. The minimum absolute atomic E-state index is 0.642. The Labute approximate surface area is 110 Å². The van der Waals surface area contributed by atoms with E-state index in [1.165, 1.54) is 42.6 Å². The molecular formula is C16H24N2. The van der Waals surface area contributed by atoms with E-state index < -0.39 is 0 Å². The molecule has 1 aromatic rings. The molecule has 2 heteroatoms. The van der Waals surface area contributed by atoms with E-state index in [0.29, 0.717) is 6.04 Å². The lowest BCUT2D eigenvalue weighted by molar-refractivity contribution is 0.204. The van der Waals surface area contributed by atoms with Gasteiger partial charge in [-0.25, -0.2) is 0 Å². The molecule has 0 saturated heterocycles. The maximum atomic E-state index is 3.56. The van der Waals surface area contributed by atoms with Crippen LogP contribution >= 0.6 is 0 Å². The van der Waals surface area contributed by atoms with Crippen molar-refractivity contribution >= 4 is 5.69 Å². The lowest BCUT2D eigenvalue weighted by Crippen LogP contribution is -2.32. The van der Waals surface area contributed by atoms with E-state index >= 15 is 0 Å². The number of para-hydroxylation sites is 1. The molecular weight excluding hydrogens is 220 g/mol. The zero-order chi connectivity index (χ0) is 12.5. The van der Waals surface area contributed by atoms with Gasteiger partial charge in [0, 0.05) is 31.4 Å². The Morgan fingerprint density at radius 3 is 2.89 bits per heavy atom. The SMILES string of the molecule is CC(C)N(Cc1cccc2c1NCC2)CC1CC1. The average Bonchev–Trinajstić information content (AvgIpc) is 3.03. The van der Waals surface area contributed by atoms with Crippen molar-refractivity contribution in [2.24, 2.45) is 5.92 Å². The van der Waals surface area contributed by atoms with Crippen LogP contribution in [0.1, 0.15) is 37.8 Å². The molecule has 0 spiro atoms. The summed E-state index contributed by atoms with van der Waals surface area (Å²) in [6.45, 7) is 8.13. The van der Waals surface area contributed by atoms with Crippen molar-refractivity contribution in [2.75, 3.05) is 18.4 Å². The second kappa shape index (κ2) is 4.93. The molecule has 0 aromatic heterocycles. The van der Waals surface area contributed by atoms with Crippen LogP contribution in [-0.4, -0.2) is 24.0 Å². The third kappa shape index (κ3) is 2.54. The van der Waals surface area contributed by atoms with E-state index in [1.807, 2.05) is 0 Å². The number of benzene rings is 1. The highest BCUT2D eigenvalue weighted by Gasteiger charge is 2.26. The molecule has 1 saturated carbocycles. The summed E-state index contributed by atoms with van der Waals surface area (Å²) in [5, 5.41) is 3.56. The van der Waals surface area contributed by atoms with Crippen LogP contribution < -0.4 is 5.32 Å². The fourth-order valence-electron chi connectivity index (χ4n) is 2.85. The van der Waals surface area contributed by atoms with Gasteiger partial charge in [-0.15, -0.1) is 0 Å². The first kappa shape index (κ1) is 12.0. The number of fused-ring (bicyclic) bond motifs is 1. The van der Waals surface area contributed by atoms with Crippen molar-refractivity contribution in [1.29, 1.82) is 0 Å². The summed E-state index contributed by atoms with van der Waals surface area (Å²) in [5.74, 6) is 0.970. The molecule has 0 bridgehead atoms. The molecule has 1 heterocycles. The van der Waals surface area contributed by atoms with Crippen LogP contribution in [0.4, 0.5) is 5.69 Å². The van der Waals surface area contributed by atoms with E-state index in [4.69, 9.17) is 0 Å². The Hall–Kier alpha value is -1.02. The van der Waals surface area contributed by atoms with Crippen LogP contribution in [0.2, 0.25) is 0 Å². The molecule has 0 unspecified atom stereocenters. The molecule has 1 aliphatic heterocycles. The number of anilines is 1. The molecule has 2 nitrogen and oxygen atoms in total. The van der Waals surface area contributed by atoms with Crippen LogP contribution in [0, 0.1) is 5.92 Å². The average molecular weight is 244 g/mol. The minimum atomic E-state index is 0.642. The topological polar surface area (TPSA) is 15.3 Å². The summed E-state index contributed by atoms with van der Waals surface area (Å²) in [7, 11) is 0. The molecule has 1 N–H and O–H groups in total.